The molecule has 0 unspecified atom stereocenters. The molecule has 1 aromatic carbocycles. The molecule has 0 spiro atoms. The number of nitrogens with zero attached hydrogens (tertiary/aromatic N) is 2. The van der Waals surface area contributed by atoms with E-state index < -0.39 is 29.9 Å². The summed E-state index contributed by atoms with van der Waals surface area (Å²) < 4.78 is 54.4. The topological polar surface area (TPSA) is 105 Å². The average Bonchev–Trinajstić information content (AvgIpc) is 3.06. The van der Waals surface area contributed by atoms with Crippen molar-refractivity contribution in [2.75, 3.05) is 4.90 Å². The van der Waals surface area contributed by atoms with Crippen LogP contribution in [0.4, 0.5) is 28.6 Å². The number of fused-ring (bicyclic) bond motifs is 1. The molecule has 1 heterocycles. The third-order valence-electron chi connectivity index (χ3n) is 5.20. The lowest BCUT2D eigenvalue weighted by Crippen LogP contribution is -2.47. The molecule has 1 aliphatic carbocycles. The molecule has 3 rings (SSSR count). The molecule has 2 aromatic rings. The number of aromatic nitrogens is 1. The molecular formula is C21H23ClF3N2O6-. The largest absolute Gasteiger partial charge is 0.529 e. The number of halogens is 4. The van der Waals surface area contributed by atoms with Crippen molar-refractivity contribution in [2.45, 2.75) is 70.9 Å². The standard InChI is InChI=1S/C21H24ClF3N2O6/c1-20(2,3)32-19(30)27(18(28)29)17-14-9-15(22)11(8-16(14)33-26-17)10-31-13-6-4-12(5-7-13)21(23,24)25/h8-9,12-13H,4-7,10H2,1-3H3,(H,28,29)/p-1. The highest BCUT2D eigenvalue weighted by molar-refractivity contribution is 6.32. The number of ether oxygens (including phenoxy) is 2. The first-order valence-electron chi connectivity index (χ1n) is 10.3. The van der Waals surface area contributed by atoms with Gasteiger partial charge in [-0.2, -0.15) is 13.2 Å². The van der Waals surface area contributed by atoms with Crippen LogP contribution < -0.4 is 10.0 Å². The smallest absolute Gasteiger partial charge is 0.421 e. The molecule has 8 nitrogen and oxygen atoms in total. The monoisotopic (exact) mass is 491 g/mol. The van der Waals surface area contributed by atoms with Gasteiger partial charge in [-0.25, -0.2) is 9.69 Å². The Morgan fingerprint density at radius 3 is 2.39 bits per heavy atom. The van der Waals surface area contributed by atoms with Crippen LogP contribution in [0.1, 0.15) is 52.0 Å². The second-order valence-corrected chi connectivity index (χ2v) is 9.26. The number of amides is 2. The highest BCUT2D eigenvalue weighted by Gasteiger charge is 2.41. The van der Waals surface area contributed by atoms with Crippen molar-refractivity contribution in [3.63, 3.8) is 0 Å². The van der Waals surface area contributed by atoms with Crippen LogP contribution in [0.2, 0.25) is 5.02 Å². The van der Waals surface area contributed by atoms with Crippen LogP contribution in [0, 0.1) is 5.92 Å². The van der Waals surface area contributed by atoms with Crippen molar-refractivity contribution in [1.82, 2.24) is 5.16 Å². The third kappa shape index (κ3) is 6.08. The van der Waals surface area contributed by atoms with Gasteiger partial charge < -0.3 is 23.9 Å². The zero-order valence-corrected chi connectivity index (χ0v) is 19.0. The molecule has 1 fully saturated rings. The van der Waals surface area contributed by atoms with Crippen LogP contribution in [-0.4, -0.2) is 35.2 Å². The van der Waals surface area contributed by atoms with Crippen LogP contribution in [-0.2, 0) is 16.1 Å². The van der Waals surface area contributed by atoms with Gasteiger partial charge in [0.15, 0.2) is 17.5 Å². The minimum absolute atomic E-state index is 0.0100. The fraction of sp³-hybridized carbons (Fsp3) is 0.571. The summed E-state index contributed by atoms with van der Waals surface area (Å²) >= 11 is 6.31. The van der Waals surface area contributed by atoms with Crippen molar-refractivity contribution in [1.29, 1.82) is 0 Å². The van der Waals surface area contributed by atoms with Gasteiger partial charge in [-0.3, -0.25) is 0 Å². The van der Waals surface area contributed by atoms with E-state index in [0.29, 0.717) is 5.56 Å². The Morgan fingerprint density at radius 1 is 1.21 bits per heavy atom. The normalized spacial score (nSPS) is 19.5. The summed E-state index contributed by atoms with van der Waals surface area (Å²) in [5, 5.41) is 15.6. The number of anilines is 1. The van der Waals surface area contributed by atoms with Crippen LogP contribution >= 0.6 is 11.6 Å². The molecule has 1 aliphatic rings. The van der Waals surface area contributed by atoms with Crippen molar-refractivity contribution in [3.05, 3.63) is 22.7 Å². The van der Waals surface area contributed by atoms with E-state index >= 15 is 0 Å². The maximum atomic E-state index is 12.8. The van der Waals surface area contributed by atoms with Crippen molar-refractivity contribution in [3.8, 4) is 0 Å². The molecular weight excluding hydrogens is 469 g/mol. The van der Waals surface area contributed by atoms with E-state index in [-0.39, 0.29) is 65.1 Å². The second kappa shape index (κ2) is 9.38. The quantitative estimate of drug-likeness (QED) is 0.578. The van der Waals surface area contributed by atoms with Crippen LogP contribution in [0.3, 0.4) is 0 Å². The van der Waals surface area contributed by atoms with Gasteiger partial charge in [0.2, 0.25) is 0 Å². The number of benzene rings is 1. The van der Waals surface area contributed by atoms with Crippen molar-refractivity contribution < 1.29 is 41.9 Å². The first kappa shape index (κ1) is 25.1. The summed E-state index contributed by atoms with van der Waals surface area (Å²) in [6.45, 7) is 4.72. The highest BCUT2D eigenvalue weighted by Crippen LogP contribution is 2.39. The maximum absolute atomic E-state index is 12.8. The number of carbonyl (C=O) groups is 2. The Balaban J connectivity index is 1.74. The molecule has 0 bridgehead atoms. The van der Waals surface area contributed by atoms with Crippen molar-refractivity contribution in [2.24, 2.45) is 5.92 Å². The predicted octanol–water partition coefficient (Wildman–Crippen LogP) is 5.20. The molecule has 0 atom stereocenters. The minimum atomic E-state index is -4.19. The van der Waals surface area contributed by atoms with Crippen molar-refractivity contribution >= 4 is 40.6 Å². The summed E-state index contributed by atoms with van der Waals surface area (Å²) in [5.74, 6) is -1.67. The van der Waals surface area contributed by atoms with Gasteiger partial charge in [0.1, 0.15) is 5.60 Å². The van der Waals surface area contributed by atoms with Gasteiger partial charge in [-0.1, -0.05) is 16.8 Å². The van der Waals surface area contributed by atoms with Gasteiger partial charge in [0.25, 0.3) is 0 Å². The van der Waals surface area contributed by atoms with Crippen LogP contribution in [0.25, 0.3) is 11.0 Å². The van der Waals surface area contributed by atoms with E-state index in [1.54, 1.807) is 20.8 Å². The van der Waals surface area contributed by atoms with Gasteiger partial charge >= 0.3 is 12.3 Å². The van der Waals surface area contributed by atoms with E-state index in [0.717, 1.165) is 0 Å². The third-order valence-corrected chi connectivity index (χ3v) is 5.55. The van der Waals surface area contributed by atoms with E-state index in [4.69, 9.17) is 25.6 Å². The molecule has 0 radical (unpaired) electrons. The van der Waals surface area contributed by atoms with Gasteiger partial charge in [-0.15, -0.1) is 0 Å². The molecule has 0 aliphatic heterocycles. The zero-order chi connectivity index (χ0) is 24.6. The Kier molecular flexibility index (Phi) is 7.13. The molecule has 182 valence electrons. The van der Waals surface area contributed by atoms with Gasteiger partial charge in [-0.05, 0) is 58.6 Å². The number of imide groups is 1. The lowest BCUT2D eigenvalue weighted by Gasteiger charge is -2.29. The summed E-state index contributed by atoms with van der Waals surface area (Å²) in [6, 6.07) is 2.83. The minimum Gasteiger partial charge on any atom is -0.529 e. The number of alkyl halides is 3. The van der Waals surface area contributed by atoms with E-state index in [9.17, 15) is 27.9 Å². The van der Waals surface area contributed by atoms with Gasteiger partial charge in [0, 0.05) is 10.6 Å². The van der Waals surface area contributed by atoms with Crippen LogP contribution in [0.5, 0.6) is 0 Å². The summed E-state index contributed by atoms with van der Waals surface area (Å²) in [6.07, 6.45) is -7.01. The highest BCUT2D eigenvalue weighted by atomic mass is 35.5. The van der Waals surface area contributed by atoms with Gasteiger partial charge in [0.05, 0.1) is 24.0 Å². The van der Waals surface area contributed by atoms with E-state index in [1.165, 1.54) is 12.1 Å². The van der Waals surface area contributed by atoms with Crippen LogP contribution in [0.15, 0.2) is 16.7 Å². The Bertz CT molecular complexity index is 1030. The molecule has 2 amide bonds. The molecule has 1 saturated carbocycles. The number of rotatable bonds is 4. The SMILES string of the molecule is CC(C)(C)OC(=O)N(C(=O)[O-])c1noc2cc(COC3CCC(C(F)(F)F)CC3)c(Cl)cc12. The summed E-state index contributed by atoms with van der Waals surface area (Å²) in [7, 11) is 0. The summed E-state index contributed by atoms with van der Waals surface area (Å²) in [4.78, 5) is 24.1. The number of hydrogen-bond donors (Lipinski definition) is 0. The lowest BCUT2D eigenvalue weighted by molar-refractivity contribution is -0.245. The van der Waals surface area contributed by atoms with E-state index in [2.05, 4.69) is 5.16 Å². The fourth-order valence-corrected chi connectivity index (χ4v) is 3.80. The molecule has 33 heavy (non-hydrogen) atoms. The fourth-order valence-electron chi connectivity index (χ4n) is 3.58. The molecule has 12 heteroatoms. The Morgan fingerprint density at radius 2 is 1.85 bits per heavy atom. The zero-order valence-electron chi connectivity index (χ0n) is 18.2. The van der Waals surface area contributed by atoms with E-state index in [1.807, 2.05) is 0 Å². The Labute approximate surface area is 192 Å². The molecule has 1 aromatic heterocycles. The summed E-state index contributed by atoms with van der Waals surface area (Å²) in [5.41, 5.74) is -0.364. The molecule has 0 N–H and O–H groups in total. The predicted molar refractivity (Wildman–Crippen MR) is 110 cm³/mol. The maximum Gasteiger partial charge on any atom is 0.421 e. The average molecular weight is 492 g/mol. The first-order chi connectivity index (χ1) is 15.3. The number of carbonyl (C=O) groups excluding carboxylic acids is 2. The number of carboxylic acid groups (broad SMARTS) is 1. The number of hydrogen-bond acceptors (Lipinski definition) is 7. The Hall–Kier alpha value is -2.53. The molecule has 0 saturated heterocycles. The second-order valence-electron chi connectivity index (χ2n) is 8.85. The lowest BCUT2D eigenvalue weighted by atomic mass is 9.87. The first-order valence-corrected chi connectivity index (χ1v) is 10.6.